The molecule has 0 spiro atoms. The molecule has 0 bridgehead atoms. The van der Waals surface area contributed by atoms with Crippen LogP contribution in [0.1, 0.15) is 34.8 Å². The highest BCUT2D eigenvalue weighted by molar-refractivity contribution is 5.84. The van der Waals surface area contributed by atoms with Crippen molar-refractivity contribution in [2.24, 2.45) is 0 Å². The third-order valence-corrected chi connectivity index (χ3v) is 3.44. The molecular weight excluding hydrogens is 288 g/mol. The Kier molecular flexibility index (Phi) is 3.54. The number of hydrogen-bond donors (Lipinski definition) is 2. The molecule has 1 fully saturated rings. The lowest BCUT2D eigenvalue weighted by Gasteiger charge is -2.13. The standard InChI is InChI=1S/C15H14N2O5/c18-12(19)11-9-21-13(16-11)15(6-7-15)17-14(20)22-8-10-4-2-1-3-5-10/h1-5,9H,6-8H2,(H,17,20)(H,18,19). The Morgan fingerprint density at radius 2 is 2.05 bits per heavy atom. The van der Waals surface area contributed by atoms with Gasteiger partial charge in [-0.05, 0) is 18.4 Å². The second kappa shape index (κ2) is 5.51. The normalized spacial score (nSPS) is 15.1. The number of carbonyl (C=O) groups is 2. The number of nitrogens with zero attached hydrogens (tertiary/aromatic N) is 1. The number of carbonyl (C=O) groups excluding carboxylic acids is 1. The molecule has 22 heavy (non-hydrogen) atoms. The SMILES string of the molecule is O=C(NC1(c2nc(C(=O)O)co2)CC1)OCc1ccccc1. The van der Waals surface area contributed by atoms with Crippen LogP contribution in [-0.2, 0) is 16.9 Å². The quantitative estimate of drug-likeness (QED) is 0.878. The summed E-state index contributed by atoms with van der Waals surface area (Å²) in [5.41, 5.74) is -0.0471. The van der Waals surface area contributed by atoms with Crippen molar-refractivity contribution in [1.29, 1.82) is 0 Å². The Labute approximate surface area is 125 Å². The van der Waals surface area contributed by atoms with Crippen molar-refractivity contribution in [3.63, 3.8) is 0 Å². The molecule has 114 valence electrons. The summed E-state index contributed by atoms with van der Waals surface area (Å²) in [6.45, 7) is 0.161. The minimum Gasteiger partial charge on any atom is -0.476 e. The van der Waals surface area contributed by atoms with E-state index in [0.717, 1.165) is 11.8 Å². The zero-order valence-corrected chi connectivity index (χ0v) is 11.6. The fraction of sp³-hybridized carbons (Fsp3) is 0.267. The van der Waals surface area contributed by atoms with Gasteiger partial charge in [0.2, 0.25) is 5.89 Å². The predicted molar refractivity (Wildman–Crippen MR) is 74.1 cm³/mol. The van der Waals surface area contributed by atoms with Crippen LogP contribution in [0.3, 0.4) is 0 Å². The van der Waals surface area contributed by atoms with Gasteiger partial charge in [0.05, 0.1) is 0 Å². The van der Waals surface area contributed by atoms with Crippen LogP contribution in [0.4, 0.5) is 4.79 Å². The number of alkyl carbamates (subject to hydrolysis) is 1. The van der Waals surface area contributed by atoms with Crippen LogP contribution >= 0.6 is 0 Å². The number of nitrogens with one attached hydrogen (secondary N) is 1. The van der Waals surface area contributed by atoms with Crippen LogP contribution in [0.15, 0.2) is 41.0 Å². The number of oxazole rings is 1. The van der Waals surface area contributed by atoms with E-state index in [1.54, 1.807) is 0 Å². The summed E-state index contributed by atoms with van der Waals surface area (Å²) in [6.07, 6.45) is 1.74. The van der Waals surface area contributed by atoms with Crippen LogP contribution in [0.2, 0.25) is 0 Å². The molecule has 0 saturated heterocycles. The van der Waals surface area contributed by atoms with Gasteiger partial charge in [0.25, 0.3) is 0 Å². The molecule has 0 aliphatic heterocycles. The number of amides is 1. The van der Waals surface area contributed by atoms with Crippen LogP contribution in [0, 0.1) is 0 Å². The zero-order valence-electron chi connectivity index (χ0n) is 11.6. The second-order valence-electron chi connectivity index (χ2n) is 5.11. The Morgan fingerprint density at radius 3 is 2.64 bits per heavy atom. The van der Waals surface area contributed by atoms with Gasteiger partial charge in [0, 0.05) is 0 Å². The molecular formula is C15H14N2O5. The van der Waals surface area contributed by atoms with Gasteiger partial charge < -0.3 is 19.6 Å². The number of ether oxygens (including phenoxy) is 1. The molecule has 1 aromatic heterocycles. The van der Waals surface area contributed by atoms with Crippen molar-refractivity contribution in [3.8, 4) is 0 Å². The van der Waals surface area contributed by atoms with E-state index in [-0.39, 0.29) is 18.2 Å². The topological polar surface area (TPSA) is 102 Å². The van der Waals surface area contributed by atoms with Crippen molar-refractivity contribution in [2.45, 2.75) is 25.0 Å². The summed E-state index contributed by atoms with van der Waals surface area (Å²) in [4.78, 5) is 26.6. The maximum Gasteiger partial charge on any atom is 0.408 e. The molecule has 7 heteroatoms. The van der Waals surface area contributed by atoms with E-state index in [4.69, 9.17) is 14.3 Å². The molecule has 0 atom stereocenters. The number of rotatable bonds is 5. The molecule has 3 rings (SSSR count). The van der Waals surface area contributed by atoms with Crippen molar-refractivity contribution in [2.75, 3.05) is 0 Å². The average Bonchev–Trinajstić information content (AvgIpc) is 3.11. The predicted octanol–water partition coefficient (Wildman–Crippen LogP) is 2.29. The van der Waals surface area contributed by atoms with E-state index < -0.39 is 17.6 Å². The summed E-state index contributed by atoms with van der Waals surface area (Å²) in [5, 5.41) is 11.5. The monoisotopic (exact) mass is 302 g/mol. The summed E-state index contributed by atoms with van der Waals surface area (Å²) >= 11 is 0. The van der Waals surface area contributed by atoms with Gasteiger partial charge in [0.15, 0.2) is 5.69 Å². The first-order valence-corrected chi connectivity index (χ1v) is 6.77. The molecule has 0 unspecified atom stereocenters. The largest absolute Gasteiger partial charge is 0.476 e. The van der Waals surface area contributed by atoms with Crippen molar-refractivity contribution >= 4 is 12.1 Å². The lowest BCUT2D eigenvalue weighted by molar-refractivity contribution is 0.0690. The van der Waals surface area contributed by atoms with Crippen molar-refractivity contribution in [1.82, 2.24) is 10.3 Å². The number of hydrogen-bond acceptors (Lipinski definition) is 5. The first-order chi connectivity index (χ1) is 10.6. The van der Waals surface area contributed by atoms with Gasteiger partial charge in [-0.2, -0.15) is 0 Å². The second-order valence-corrected chi connectivity index (χ2v) is 5.11. The van der Waals surface area contributed by atoms with Crippen LogP contribution in [0.5, 0.6) is 0 Å². The number of carboxylic acids is 1. The summed E-state index contributed by atoms with van der Waals surface area (Å²) in [7, 11) is 0. The molecule has 1 aliphatic carbocycles. The Balaban J connectivity index is 1.59. The molecule has 1 saturated carbocycles. The van der Waals surface area contributed by atoms with Gasteiger partial charge in [-0.3, -0.25) is 0 Å². The number of aromatic nitrogens is 1. The van der Waals surface area contributed by atoms with E-state index >= 15 is 0 Å². The number of aromatic carboxylic acids is 1. The minimum absolute atomic E-state index is 0.161. The molecule has 1 aromatic carbocycles. The lowest BCUT2D eigenvalue weighted by Crippen LogP contribution is -2.35. The number of carboxylic acid groups (broad SMARTS) is 1. The van der Waals surface area contributed by atoms with E-state index in [2.05, 4.69) is 10.3 Å². The Bertz CT molecular complexity index is 691. The molecule has 2 N–H and O–H groups in total. The molecule has 0 radical (unpaired) electrons. The van der Waals surface area contributed by atoms with E-state index in [1.807, 2.05) is 30.3 Å². The maximum atomic E-state index is 11.9. The van der Waals surface area contributed by atoms with E-state index in [0.29, 0.717) is 12.8 Å². The highest BCUT2D eigenvalue weighted by Gasteiger charge is 2.51. The molecule has 2 aromatic rings. The van der Waals surface area contributed by atoms with E-state index in [9.17, 15) is 9.59 Å². The first-order valence-electron chi connectivity index (χ1n) is 6.77. The van der Waals surface area contributed by atoms with E-state index in [1.165, 1.54) is 0 Å². The smallest absolute Gasteiger partial charge is 0.408 e. The highest BCUT2D eigenvalue weighted by atomic mass is 16.5. The van der Waals surface area contributed by atoms with Gasteiger partial charge in [-0.15, -0.1) is 0 Å². The maximum absolute atomic E-state index is 11.9. The summed E-state index contributed by atoms with van der Waals surface area (Å²) < 4.78 is 10.3. The summed E-state index contributed by atoms with van der Waals surface area (Å²) in [5.74, 6) is -0.973. The van der Waals surface area contributed by atoms with Crippen LogP contribution in [-0.4, -0.2) is 22.2 Å². The lowest BCUT2D eigenvalue weighted by atomic mass is 10.2. The molecule has 7 nitrogen and oxygen atoms in total. The van der Waals surface area contributed by atoms with Gasteiger partial charge in [-0.1, -0.05) is 30.3 Å². The summed E-state index contributed by atoms with van der Waals surface area (Å²) in [6, 6.07) is 9.31. The van der Waals surface area contributed by atoms with Gasteiger partial charge in [0.1, 0.15) is 18.4 Å². The third kappa shape index (κ3) is 2.93. The minimum atomic E-state index is -1.17. The molecule has 1 heterocycles. The van der Waals surface area contributed by atoms with Gasteiger partial charge >= 0.3 is 12.1 Å². The fourth-order valence-corrected chi connectivity index (χ4v) is 2.06. The van der Waals surface area contributed by atoms with Gasteiger partial charge in [-0.25, -0.2) is 14.6 Å². The number of benzene rings is 1. The average molecular weight is 302 g/mol. The Morgan fingerprint density at radius 1 is 1.32 bits per heavy atom. The van der Waals surface area contributed by atoms with Crippen LogP contribution < -0.4 is 5.32 Å². The van der Waals surface area contributed by atoms with Crippen molar-refractivity contribution < 1.29 is 23.8 Å². The van der Waals surface area contributed by atoms with Crippen molar-refractivity contribution in [3.05, 3.63) is 53.7 Å². The first kappa shape index (κ1) is 14.1. The zero-order chi connectivity index (χ0) is 15.6. The molecule has 1 amide bonds. The third-order valence-electron chi connectivity index (χ3n) is 3.44. The fourth-order valence-electron chi connectivity index (χ4n) is 2.06. The highest BCUT2D eigenvalue weighted by Crippen LogP contribution is 2.45. The van der Waals surface area contributed by atoms with Crippen LogP contribution in [0.25, 0.3) is 0 Å². The molecule has 1 aliphatic rings. The Hall–Kier alpha value is -2.83.